The number of likely N-dealkylation sites (tertiary alicyclic amines) is 1. The van der Waals surface area contributed by atoms with Crippen LogP contribution in [0.2, 0.25) is 0 Å². The van der Waals surface area contributed by atoms with Gasteiger partial charge in [-0.15, -0.1) is 0 Å². The Morgan fingerprint density at radius 2 is 2.07 bits per heavy atom. The van der Waals surface area contributed by atoms with Crippen LogP contribution in [0.15, 0.2) is 0 Å². The van der Waals surface area contributed by atoms with Crippen molar-refractivity contribution in [1.29, 1.82) is 0 Å². The average molecular weight is 223 g/mol. The molecule has 0 aromatic heterocycles. The topological polar surface area (TPSA) is 20.3 Å². The summed E-state index contributed by atoms with van der Waals surface area (Å²) in [4.78, 5) is 12.1. The van der Waals surface area contributed by atoms with Crippen molar-refractivity contribution < 1.29 is 18.0 Å². The van der Waals surface area contributed by atoms with Crippen LogP contribution in [0.1, 0.15) is 39.0 Å². The molecule has 1 saturated heterocycles. The van der Waals surface area contributed by atoms with Crippen molar-refractivity contribution in [3.63, 3.8) is 0 Å². The zero-order chi connectivity index (χ0) is 11.5. The van der Waals surface area contributed by atoms with Crippen molar-refractivity contribution >= 4 is 5.91 Å². The van der Waals surface area contributed by atoms with E-state index in [1.165, 1.54) is 0 Å². The third kappa shape index (κ3) is 3.11. The van der Waals surface area contributed by atoms with Gasteiger partial charge in [0, 0.05) is 12.6 Å². The van der Waals surface area contributed by atoms with Gasteiger partial charge >= 0.3 is 12.1 Å². The molecule has 1 aliphatic heterocycles. The lowest BCUT2D eigenvalue weighted by Gasteiger charge is -2.36. The number of amides is 1. The minimum Gasteiger partial charge on any atom is -0.332 e. The van der Waals surface area contributed by atoms with Gasteiger partial charge in [-0.2, -0.15) is 13.2 Å². The second kappa shape index (κ2) is 4.86. The van der Waals surface area contributed by atoms with E-state index in [2.05, 4.69) is 0 Å². The highest BCUT2D eigenvalue weighted by Crippen LogP contribution is 2.26. The molecule has 5 heteroatoms. The summed E-state index contributed by atoms with van der Waals surface area (Å²) in [5, 5.41) is 0. The zero-order valence-corrected chi connectivity index (χ0v) is 8.81. The number of piperidine rings is 1. The van der Waals surface area contributed by atoms with Gasteiger partial charge in [-0.25, -0.2) is 0 Å². The first-order valence-electron chi connectivity index (χ1n) is 5.34. The van der Waals surface area contributed by atoms with E-state index in [0.29, 0.717) is 19.3 Å². The first-order valence-corrected chi connectivity index (χ1v) is 5.34. The standard InChI is InChI=1S/C10H16F3NO/c1-2-5-8-6-3-4-7-14(8)9(15)10(11,12)13/h8H,2-7H2,1H3/t8-/m0/s1. The predicted molar refractivity (Wildman–Crippen MR) is 50.3 cm³/mol. The zero-order valence-electron chi connectivity index (χ0n) is 8.81. The molecule has 1 rings (SSSR count). The number of rotatable bonds is 2. The number of hydrogen-bond donors (Lipinski definition) is 0. The summed E-state index contributed by atoms with van der Waals surface area (Å²) >= 11 is 0. The normalized spacial score (nSPS) is 22.9. The number of halogens is 3. The number of carbonyl (C=O) groups is 1. The molecule has 0 bridgehead atoms. The van der Waals surface area contributed by atoms with Crippen LogP contribution in [0.5, 0.6) is 0 Å². The van der Waals surface area contributed by atoms with Gasteiger partial charge in [0.15, 0.2) is 0 Å². The van der Waals surface area contributed by atoms with Crippen LogP contribution >= 0.6 is 0 Å². The summed E-state index contributed by atoms with van der Waals surface area (Å²) in [5.41, 5.74) is 0. The van der Waals surface area contributed by atoms with Gasteiger partial charge in [-0.3, -0.25) is 4.79 Å². The number of carbonyl (C=O) groups excluding carboxylic acids is 1. The molecule has 2 nitrogen and oxygen atoms in total. The van der Waals surface area contributed by atoms with Crippen LogP contribution in [-0.2, 0) is 4.79 Å². The van der Waals surface area contributed by atoms with Crippen molar-refractivity contribution in [3.8, 4) is 0 Å². The molecule has 1 atom stereocenters. The molecule has 0 aromatic rings. The maximum Gasteiger partial charge on any atom is 0.471 e. The Morgan fingerprint density at radius 3 is 2.60 bits per heavy atom. The molecule has 0 unspecified atom stereocenters. The maximum absolute atomic E-state index is 12.3. The molecule has 0 spiro atoms. The summed E-state index contributed by atoms with van der Waals surface area (Å²) in [6.07, 6.45) is -0.929. The molecular weight excluding hydrogens is 207 g/mol. The van der Waals surface area contributed by atoms with E-state index in [1.807, 2.05) is 6.92 Å². The molecule has 88 valence electrons. The van der Waals surface area contributed by atoms with Gasteiger partial charge in [0.05, 0.1) is 0 Å². The van der Waals surface area contributed by atoms with Crippen molar-refractivity contribution in [2.45, 2.75) is 51.2 Å². The SMILES string of the molecule is CCC[C@H]1CCCCN1C(=O)C(F)(F)F. The summed E-state index contributed by atoms with van der Waals surface area (Å²) in [6.45, 7) is 2.17. The second-order valence-electron chi connectivity index (χ2n) is 3.93. The van der Waals surface area contributed by atoms with Crippen molar-refractivity contribution in [1.82, 2.24) is 4.90 Å². The highest BCUT2D eigenvalue weighted by molar-refractivity contribution is 5.82. The van der Waals surface area contributed by atoms with Gasteiger partial charge < -0.3 is 4.90 Å². The minimum atomic E-state index is -4.72. The molecule has 0 N–H and O–H groups in total. The highest BCUT2D eigenvalue weighted by Gasteiger charge is 2.44. The van der Waals surface area contributed by atoms with E-state index < -0.39 is 12.1 Å². The van der Waals surface area contributed by atoms with Crippen molar-refractivity contribution in [2.75, 3.05) is 6.54 Å². The van der Waals surface area contributed by atoms with E-state index >= 15 is 0 Å². The van der Waals surface area contributed by atoms with Gasteiger partial charge in [-0.05, 0) is 25.7 Å². The quantitative estimate of drug-likeness (QED) is 0.704. The molecule has 1 amide bonds. The largest absolute Gasteiger partial charge is 0.471 e. The Hall–Kier alpha value is -0.740. The van der Waals surface area contributed by atoms with E-state index in [-0.39, 0.29) is 12.6 Å². The van der Waals surface area contributed by atoms with Gasteiger partial charge in [0.25, 0.3) is 0 Å². The number of alkyl halides is 3. The van der Waals surface area contributed by atoms with Crippen molar-refractivity contribution in [2.24, 2.45) is 0 Å². The summed E-state index contributed by atoms with van der Waals surface area (Å²) in [7, 11) is 0. The third-order valence-corrected chi connectivity index (χ3v) is 2.75. The molecule has 0 saturated carbocycles. The molecule has 0 aromatic carbocycles. The highest BCUT2D eigenvalue weighted by atomic mass is 19.4. The fourth-order valence-corrected chi connectivity index (χ4v) is 2.06. The molecule has 1 fully saturated rings. The number of nitrogens with zero attached hydrogens (tertiary/aromatic N) is 1. The van der Waals surface area contributed by atoms with E-state index in [4.69, 9.17) is 0 Å². The summed E-state index contributed by atoms with van der Waals surface area (Å²) < 4.78 is 36.8. The van der Waals surface area contributed by atoms with E-state index in [0.717, 1.165) is 17.7 Å². The van der Waals surface area contributed by atoms with Crippen LogP contribution in [-0.4, -0.2) is 29.6 Å². The van der Waals surface area contributed by atoms with Crippen molar-refractivity contribution in [3.05, 3.63) is 0 Å². The number of hydrogen-bond acceptors (Lipinski definition) is 1. The molecule has 0 radical (unpaired) electrons. The second-order valence-corrected chi connectivity index (χ2v) is 3.93. The van der Waals surface area contributed by atoms with Gasteiger partial charge in [0.1, 0.15) is 0 Å². The van der Waals surface area contributed by atoms with E-state index in [9.17, 15) is 18.0 Å². The lowest BCUT2D eigenvalue weighted by atomic mass is 9.98. The van der Waals surface area contributed by atoms with E-state index in [1.54, 1.807) is 0 Å². The Bertz CT molecular complexity index is 225. The molecule has 15 heavy (non-hydrogen) atoms. The summed E-state index contributed by atoms with van der Waals surface area (Å²) in [6, 6.07) is -0.210. The first-order chi connectivity index (χ1) is 6.96. The lowest BCUT2D eigenvalue weighted by Crippen LogP contribution is -2.49. The lowest BCUT2D eigenvalue weighted by molar-refractivity contribution is -0.189. The molecule has 1 heterocycles. The Morgan fingerprint density at radius 1 is 1.40 bits per heavy atom. The predicted octanol–water partition coefficient (Wildman–Crippen LogP) is 2.73. The first kappa shape index (κ1) is 12.3. The van der Waals surface area contributed by atoms with Gasteiger partial charge in [-0.1, -0.05) is 13.3 Å². The Balaban J connectivity index is 2.67. The van der Waals surface area contributed by atoms with Crippen LogP contribution in [0.3, 0.4) is 0 Å². The molecular formula is C10H16F3NO. The van der Waals surface area contributed by atoms with Crippen LogP contribution in [0.25, 0.3) is 0 Å². The fraction of sp³-hybridized carbons (Fsp3) is 0.900. The minimum absolute atomic E-state index is 0.210. The fourth-order valence-electron chi connectivity index (χ4n) is 2.06. The van der Waals surface area contributed by atoms with Gasteiger partial charge in [0.2, 0.25) is 0 Å². The summed E-state index contributed by atoms with van der Waals surface area (Å²) in [5.74, 6) is -1.67. The Labute approximate surface area is 87.4 Å². The average Bonchev–Trinajstić information content (AvgIpc) is 2.17. The maximum atomic E-state index is 12.3. The molecule has 0 aliphatic carbocycles. The third-order valence-electron chi connectivity index (χ3n) is 2.75. The molecule has 1 aliphatic rings. The van der Waals surface area contributed by atoms with Crippen LogP contribution in [0.4, 0.5) is 13.2 Å². The Kier molecular flexibility index (Phi) is 3.99. The smallest absolute Gasteiger partial charge is 0.332 e. The van der Waals surface area contributed by atoms with Crippen LogP contribution < -0.4 is 0 Å². The monoisotopic (exact) mass is 223 g/mol. The van der Waals surface area contributed by atoms with Crippen LogP contribution in [0, 0.1) is 0 Å².